The van der Waals surface area contributed by atoms with Gasteiger partial charge in [0.15, 0.2) is 6.61 Å². The van der Waals surface area contributed by atoms with Crippen LogP contribution in [0.25, 0.3) is 0 Å². The van der Waals surface area contributed by atoms with Crippen LogP contribution in [0.2, 0.25) is 0 Å². The molecular weight excluding hydrogens is 306 g/mol. The van der Waals surface area contributed by atoms with Crippen molar-refractivity contribution in [2.75, 3.05) is 6.61 Å². The van der Waals surface area contributed by atoms with Gasteiger partial charge in [0.05, 0.1) is 11.6 Å². The SMILES string of the molecule is CC[C@@H](NC(=O)COC(=O)c1cccc(O)c1)c1ccc(C)cc1. The standard InChI is InChI=1S/C19H21NO4/c1-3-17(14-9-7-13(2)8-10-14)20-18(22)12-24-19(23)15-5-4-6-16(21)11-15/h4-11,17,21H,3,12H2,1-2H3,(H,20,22)/t17-/m1/s1. The summed E-state index contributed by atoms with van der Waals surface area (Å²) in [6, 6.07) is 13.6. The molecule has 2 N–H and O–H groups in total. The molecule has 0 saturated heterocycles. The fourth-order valence-electron chi connectivity index (χ4n) is 2.30. The van der Waals surface area contributed by atoms with Crippen LogP contribution in [-0.4, -0.2) is 23.6 Å². The minimum atomic E-state index is -0.649. The zero-order chi connectivity index (χ0) is 17.5. The van der Waals surface area contributed by atoms with Gasteiger partial charge in [-0.15, -0.1) is 0 Å². The normalized spacial score (nSPS) is 11.6. The lowest BCUT2D eigenvalue weighted by Gasteiger charge is -2.17. The second kappa shape index (κ2) is 8.15. The third-order valence-corrected chi connectivity index (χ3v) is 3.64. The van der Waals surface area contributed by atoms with Gasteiger partial charge < -0.3 is 15.2 Å². The fraction of sp³-hybridized carbons (Fsp3) is 0.263. The number of aromatic hydroxyl groups is 1. The van der Waals surface area contributed by atoms with E-state index in [2.05, 4.69) is 5.32 Å². The number of ether oxygens (including phenoxy) is 1. The van der Waals surface area contributed by atoms with Gasteiger partial charge in [0.1, 0.15) is 5.75 Å². The molecule has 0 heterocycles. The van der Waals surface area contributed by atoms with E-state index in [1.165, 1.54) is 24.3 Å². The molecule has 1 amide bonds. The molecule has 2 aromatic carbocycles. The summed E-state index contributed by atoms with van der Waals surface area (Å²) >= 11 is 0. The van der Waals surface area contributed by atoms with Crippen LogP contribution in [0.1, 0.15) is 40.9 Å². The fourth-order valence-corrected chi connectivity index (χ4v) is 2.30. The van der Waals surface area contributed by atoms with E-state index in [0.29, 0.717) is 0 Å². The molecule has 5 nitrogen and oxygen atoms in total. The van der Waals surface area contributed by atoms with E-state index in [1.54, 1.807) is 0 Å². The van der Waals surface area contributed by atoms with Crippen LogP contribution >= 0.6 is 0 Å². The largest absolute Gasteiger partial charge is 0.508 e. The van der Waals surface area contributed by atoms with Crippen molar-refractivity contribution in [2.24, 2.45) is 0 Å². The van der Waals surface area contributed by atoms with E-state index in [9.17, 15) is 14.7 Å². The lowest BCUT2D eigenvalue weighted by molar-refractivity contribution is -0.125. The Morgan fingerprint density at radius 1 is 1.17 bits per heavy atom. The lowest BCUT2D eigenvalue weighted by Crippen LogP contribution is -2.32. The number of aryl methyl sites for hydroxylation is 1. The summed E-state index contributed by atoms with van der Waals surface area (Å²) in [6.45, 7) is 3.62. The smallest absolute Gasteiger partial charge is 0.338 e. The van der Waals surface area contributed by atoms with E-state index in [4.69, 9.17) is 4.74 Å². The first-order valence-corrected chi connectivity index (χ1v) is 7.81. The Balaban J connectivity index is 1.89. The number of phenols is 1. The first-order chi connectivity index (χ1) is 11.5. The summed E-state index contributed by atoms with van der Waals surface area (Å²) in [5, 5.41) is 12.2. The summed E-state index contributed by atoms with van der Waals surface area (Å²) in [7, 11) is 0. The van der Waals surface area contributed by atoms with Crippen LogP contribution in [0.15, 0.2) is 48.5 Å². The molecule has 0 aliphatic heterocycles. The first kappa shape index (κ1) is 17.5. The highest BCUT2D eigenvalue weighted by atomic mass is 16.5. The third-order valence-electron chi connectivity index (χ3n) is 3.64. The number of carbonyl (C=O) groups is 2. The number of hydrogen-bond donors (Lipinski definition) is 2. The number of rotatable bonds is 6. The van der Waals surface area contributed by atoms with Gasteiger partial charge in [-0.1, -0.05) is 42.8 Å². The molecular formula is C19H21NO4. The van der Waals surface area contributed by atoms with Crippen LogP contribution in [0.4, 0.5) is 0 Å². The molecule has 2 aromatic rings. The van der Waals surface area contributed by atoms with Gasteiger partial charge in [-0.2, -0.15) is 0 Å². The number of phenolic OH excluding ortho intramolecular Hbond substituents is 1. The van der Waals surface area contributed by atoms with E-state index in [1.807, 2.05) is 38.1 Å². The summed E-state index contributed by atoms with van der Waals surface area (Å²) in [6.07, 6.45) is 0.731. The van der Waals surface area contributed by atoms with Crippen LogP contribution in [0, 0.1) is 6.92 Å². The highest BCUT2D eigenvalue weighted by molar-refractivity contribution is 5.91. The second-order valence-electron chi connectivity index (χ2n) is 5.57. The summed E-state index contributed by atoms with van der Waals surface area (Å²) in [5.74, 6) is -1.04. The molecule has 0 aromatic heterocycles. The summed E-state index contributed by atoms with van der Waals surface area (Å²) < 4.78 is 4.98. The van der Waals surface area contributed by atoms with Crippen molar-refractivity contribution in [1.29, 1.82) is 0 Å². The van der Waals surface area contributed by atoms with Gasteiger partial charge in [-0.25, -0.2) is 4.79 Å². The predicted octanol–water partition coefficient (Wildman–Crippen LogP) is 3.12. The summed E-state index contributed by atoms with van der Waals surface area (Å²) in [4.78, 5) is 23.9. The quantitative estimate of drug-likeness (QED) is 0.799. The van der Waals surface area contributed by atoms with Gasteiger partial charge in [0, 0.05) is 0 Å². The van der Waals surface area contributed by atoms with Crippen molar-refractivity contribution in [3.63, 3.8) is 0 Å². The Kier molecular flexibility index (Phi) is 5.95. The maximum atomic E-state index is 12.0. The van der Waals surface area contributed by atoms with Crippen molar-refractivity contribution in [1.82, 2.24) is 5.32 Å². The van der Waals surface area contributed by atoms with E-state index < -0.39 is 5.97 Å². The Bertz CT molecular complexity index is 710. The molecule has 0 saturated carbocycles. The molecule has 24 heavy (non-hydrogen) atoms. The molecule has 1 atom stereocenters. The first-order valence-electron chi connectivity index (χ1n) is 7.81. The number of benzene rings is 2. The van der Waals surface area contributed by atoms with Crippen LogP contribution in [-0.2, 0) is 9.53 Å². The minimum absolute atomic E-state index is 0.0284. The Morgan fingerprint density at radius 3 is 2.50 bits per heavy atom. The number of esters is 1. The van der Waals surface area contributed by atoms with E-state index in [0.717, 1.165) is 17.5 Å². The monoisotopic (exact) mass is 327 g/mol. The van der Waals surface area contributed by atoms with Gasteiger partial charge in [-0.3, -0.25) is 4.79 Å². The number of hydrogen-bond acceptors (Lipinski definition) is 4. The Labute approximate surface area is 141 Å². The average molecular weight is 327 g/mol. The summed E-state index contributed by atoms with van der Waals surface area (Å²) in [5.41, 5.74) is 2.36. The van der Waals surface area contributed by atoms with Crippen LogP contribution in [0.5, 0.6) is 5.75 Å². The van der Waals surface area contributed by atoms with Gasteiger partial charge in [0.2, 0.25) is 0 Å². The molecule has 0 unspecified atom stereocenters. The van der Waals surface area contributed by atoms with Gasteiger partial charge in [-0.05, 0) is 37.1 Å². The van der Waals surface area contributed by atoms with Crippen molar-refractivity contribution in [2.45, 2.75) is 26.3 Å². The van der Waals surface area contributed by atoms with Crippen LogP contribution in [0.3, 0.4) is 0 Å². The molecule has 0 aliphatic carbocycles. The predicted molar refractivity (Wildman–Crippen MR) is 90.7 cm³/mol. The minimum Gasteiger partial charge on any atom is -0.508 e. The molecule has 0 bridgehead atoms. The zero-order valence-electron chi connectivity index (χ0n) is 13.8. The molecule has 0 fully saturated rings. The van der Waals surface area contributed by atoms with Crippen molar-refractivity contribution < 1.29 is 19.4 Å². The average Bonchev–Trinajstić information content (AvgIpc) is 2.58. The molecule has 2 rings (SSSR count). The van der Waals surface area contributed by atoms with Crippen molar-refractivity contribution in [3.05, 3.63) is 65.2 Å². The Hall–Kier alpha value is -2.82. The second-order valence-corrected chi connectivity index (χ2v) is 5.57. The maximum Gasteiger partial charge on any atom is 0.338 e. The molecule has 0 radical (unpaired) electrons. The third kappa shape index (κ3) is 4.84. The number of amides is 1. The maximum absolute atomic E-state index is 12.0. The molecule has 126 valence electrons. The zero-order valence-corrected chi connectivity index (χ0v) is 13.8. The van der Waals surface area contributed by atoms with Crippen molar-refractivity contribution >= 4 is 11.9 Å². The molecule has 0 aliphatic rings. The highest BCUT2D eigenvalue weighted by Crippen LogP contribution is 2.17. The molecule has 5 heteroatoms. The topological polar surface area (TPSA) is 75.6 Å². The Morgan fingerprint density at radius 2 is 1.88 bits per heavy atom. The van der Waals surface area contributed by atoms with Gasteiger partial charge >= 0.3 is 5.97 Å². The van der Waals surface area contributed by atoms with Crippen molar-refractivity contribution in [3.8, 4) is 5.75 Å². The van der Waals surface area contributed by atoms with Gasteiger partial charge in [0.25, 0.3) is 5.91 Å². The number of nitrogens with one attached hydrogen (secondary N) is 1. The highest BCUT2D eigenvalue weighted by Gasteiger charge is 2.15. The van der Waals surface area contributed by atoms with Crippen LogP contribution < -0.4 is 5.32 Å². The van der Waals surface area contributed by atoms with E-state index >= 15 is 0 Å². The number of carbonyl (C=O) groups excluding carboxylic acids is 2. The molecule has 0 spiro atoms. The van der Waals surface area contributed by atoms with E-state index in [-0.39, 0.29) is 29.9 Å². The lowest BCUT2D eigenvalue weighted by atomic mass is 10.0.